The highest BCUT2D eigenvalue weighted by Gasteiger charge is 2.21. The van der Waals surface area contributed by atoms with Crippen LogP contribution in [0.25, 0.3) is 0 Å². The minimum absolute atomic E-state index is 0.0954. The Bertz CT molecular complexity index is 360. The van der Waals surface area contributed by atoms with Crippen LogP contribution in [0.4, 0.5) is 4.39 Å². The molecule has 0 heterocycles. The molecule has 1 rings (SSSR count). The van der Waals surface area contributed by atoms with Crippen molar-refractivity contribution >= 4 is 0 Å². The summed E-state index contributed by atoms with van der Waals surface area (Å²) in [7, 11) is 1.90. The van der Waals surface area contributed by atoms with Crippen LogP contribution < -0.4 is 5.32 Å². The minimum atomic E-state index is -0.0973. The lowest BCUT2D eigenvalue weighted by atomic mass is 9.87. The molecule has 0 amide bonds. The molecule has 0 spiro atoms. The smallest absolute Gasteiger partial charge is 0.128 e. The van der Waals surface area contributed by atoms with Crippen molar-refractivity contribution in [3.8, 4) is 0 Å². The SMILES string of the molecule is CNC(c1ccc(C)cc1F)C(C)CC(C)C. The van der Waals surface area contributed by atoms with Crippen molar-refractivity contribution in [1.82, 2.24) is 5.32 Å². The quantitative estimate of drug-likeness (QED) is 0.813. The molecule has 0 aromatic heterocycles. The molecular formula is C15H24FN. The lowest BCUT2D eigenvalue weighted by molar-refractivity contribution is 0.335. The standard InChI is InChI=1S/C15H24FN/c1-10(2)8-12(4)15(17-5)13-7-6-11(3)9-14(13)16/h6-7,9-10,12,15,17H,8H2,1-5H3. The number of benzene rings is 1. The van der Waals surface area contributed by atoms with Gasteiger partial charge in [0.15, 0.2) is 0 Å². The van der Waals surface area contributed by atoms with Gasteiger partial charge in [-0.15, -0.1) is 0 Å². The van der Waals surface area contributed by atoms with E-state index in [4.69, 9.17) is 0 Å². The highest BCUT2D eigenvalue weighted by molar-refractivity contribution is 5.26. The Balaban J connectivity index is 2.93. The number of hydrogen-bond acceptors (Lipinski definition) is 1. The van der Waals surface area contributed by atoms with Gasteiger partial charge >= 0.3 is 0 Å². The predicted molar refractivity (Wildman–Crippen MR) is 71.6 cm³/mol. The fourth-order valence-corrected chi connectivity index (χ4v) is 2.51. The second-order valence-electron chi connectivity index (χ2n) is 5.40. The van der Waals surface area contributed by atoms with Crippen molar-refractivity contribution in [2.24, 2.45) is 11.8 Å². The third-order valence-electron chi connectivity index (χ3n) is 3.21. The Kier molecular flexibility index (Phi) is 5.13. The maximum absolute atomic E-state index is 13.9. The van der Waals surface area contributed by atoms with Gasteiger partial charge in [0, 0.05) is 11.6 Å². The van der Waals surface area contributed by atoms with Crippen LogP contribution in [0.3, 0.4) is 0 Å². The number of halogens is 1. The van der Waals surface area contributed by atoms with Gasteiger partial charge in [0.05, 0.1) is 0 Å². The molecule has 2 heteroatoms. The van der Waals surface area contributed by atoms with E-state index in [1.165, 1.54) is 0 Å². The molecule has 0 bridgehead atoms. The van der Waals surface area contributed by atoms with Gasteiger partial charge in [-0.25, -0.2) is 4.39 Å². The zero-order valence-corrected chi connectivity index (χ0v) is 11.5. The van der Waals surface area contributed by atoms with Gasteiger partial charge in [-0.1, -0.05) is 32.9 Å². The summed E-state index contributed by atoms with van der Waals surface area (Å²) in [6.45, 7) is 8.50. The Morgan fingerprint density at radius 3 is 2.35 bits per heavy atom. The maximum Gasteiger partial charge on any atom is 0.128 e. The van der Waals surface area contributed by atoms with Crippen molar-refractivity contribution in [3.05, 3.63) is 35.1 Å². The number of rotatable bonds is 5. The van der Waals surface area contributed by atoms with E-state index in [1.54, 1.807) is 6.07 Å². The van der Waals surface area contributed by atoms with Gasteiger partial charge in [0.1, 0.15) is 5.82 Å². The first-order valence-corrected chi connectivity index (χ1v) is 6.39. The fraction of sp³-hybridized carbons (Fsp3) is 0.600. The Morgan fingerprint density at radius 2 is 1.88 bits per heavy atom. The van der Waals surface area contributed by atoms with Gasteiger partial charge < -0.3 is 5.32 Å². The molecule has 0 aliphatic heterocycles. The molecule has 0 saturated carbocycles. The van der Waals surface area contributed by atoms with Crippen molar-refractivity contribution in [3.63, 3.8) is 0 Å². The van der Waals surface area contributed by atoms with Crippen LogP contribution in [0.5, 0.6) is 0 Å². The molecule has 1 aromatic rings. The average Bonchev–Trinajstić information content (AvgIpc) is 2.21. The largest absolute Gasteiger partial charge is 0.313 e. The summed E-state index contributed by atoms with van der Waals surface area (Å²) < 4.78 is 13.9. The third kappa shape index (κ3) is 3.81. The van der Waals surface area contributed by atoms with E-state index in [9.17, 15) is 4.39 Å². The van der Waals surface area contributed by atoms with Gasteiger partial charge in [0.2, 0.25) is 0 Å². The van der Waals surface area contributed by atoms with Crippen LogP contribution in [0.15, 0.2) is 18.2 Å². The maximum atomic E-state index is 13.9. The Labute approximate surface area is 104 Å². The topological polar surface area (TPSA) is 12.0 Å². The first-order chi connectivity index (χ1) is 7.95. The second-order valence-corrected chi connectivity index (χ2v) is 5.40. The molecule has 2 unspecified atom stereocenters. The van der Waals surface area contributed by atoms with E-state index in [1.807, 2.05) is 26.1 Å². The fourth-order valence-electron chi connectivity index (χ4n) is 2.51. The average molecular weight is 237 g/mol. The molecular weight excluding hydrogens is 213 g/mol. The minimum Gasteiger partial charge on any atom is -0.313 e. The third-order valence-corrected chi connectivity index (χ3v) is 3.21. The molecule has 0 radical (unpaired) electrons. The molecule has 1 N–H and O–H groups in total. The summed E-state index contributed by atoms with van der Waals surface area (Å²) in [5.74, 6) is 0.964. The highest BCUT2D eigenvalue weighted by atomic mass is 19.1. The molecule has 17 heavy (non-hydrogen) atoms. The van der Waals surface area contributed by atoms with Gasteiger partial charge in [0.25, 0.3) is 0 Å². The van der Waals surface area contributed by atoms with Crippen LogP contribution >= 0.6 is 0 Å². The second kappa shape index (κ2) is 6.15. The van der Waals surface area contributed by atoms with Crippen molar-refractivity contribution in [1.29, 1.82) is 0 Å². The molecule has 1 nitrogen and oxygen atoms in total. The summed E-state index contributed by atoms with van der Waals surface area (Å²) in [4.78, 5) is 0. The zero-order chi connectivity index (χ0) is 13.0. The van der Waals surface area contributed by atoms with Crippen molar-refractivity contribution in [2.75, 3.05) is 7.05 Å². The summed E-state index contributed by atoms with van der Waals surface area (Å²) >= 11 is 0. The number of nitrogens with one attached hydrogen (secondary N) is 1. The first-order valence-electron chi connectivity index (χ1n) is 6.39. The molecule has 0 aliphatic carbocycles. The molecule has 1 aromatic carbocycles. The van der Waals surface area contributed by atoms with E-state index in [2.05, 4.69) is 26.1 Å². The van der Waals surface area contributed by atoms with E-state index in [-0.39, 0.29) is 11.9 Å². The van der Waals surface area contributed by atoms with Crippen molar-refractivity contribution in [2.45, 2.75) is 40.2 Å². The van der Waals surface area contributed by atoms with Gasteiger partial charge in [-0.2, -0.15) is 0 Å². The van der Waals surface area contributed by atoms with Gasteiger partial charge in [-0.3, -0.25) is 0 Å². The Morgan fingerprint density at radius 1 is 1.24 bits per heavy atom. The summed E-state index contributed by atoms with van der Waals surface area (Å²) in [5, 5.41) is 3.24. The summed E-state index contributed by atoms with van der Waals surface area (Å²) in [6, 6.07) is 5.59. The van der Waals surface area contributed by atoms with Crippen LogP contribution in [-0.4, -0.2) is 7.05 Å². The van der Waals surface area contributed by atoms with E-state index < -0.39 is 0 Å². The van der Waals surface area contributed by atoms with Crippen LogP contribution in [0.2, 0.25) is 0 Å². The lowest BCUT2D eigenvalue weighted by Gasteiger charge is -2.26. The number of hydrogen-bond donors (Lipinski definition) is 1. The van der Waals surface area contributed by atoms with Crippen LogP contribution in [0.1, 0.15) is 44.4 Å². The monoisotopic (exact) mass is 237 g/mol. The van der Waals surface area contributed by atoms with Gasteiger partial charge in [-0.05, 0) is 43.9 Å². The highest BCUT2D eigenvalue weighted by Crippen LogP contribution is 2.28. The van der Waals surface area contributed by atoms with Crippen LogP contribution in [-0.2, 0) is 0 Å². The Hall–Kier alpha value is -0.890. The first kappa shape index (κ1) is 14.2. The molecule has 0 aliphatic rings. The summed E-state index contributed by atoms with van der Waals surface area (Å²) in [6.07, 6.45) is 1.10. The van der Waals surface area contributed by atoms with E-state index in [0.717, 1.165) is 17.5 Å². The normalized spacial score (nSPS) is 15.0. The predicted octanol–water partition coefficient (Wildman–Crippen LogP) is 4.08. The molecule has 0 saturated heterocycles. The van der Waals surface area contributed by atoms with E-state index >= 15 is 0 Å². The van der Waals surface area contributed by atoms with Crippen LogP contribution in [0, 0.1) is 24.6 Å². The molecule has 2 atom stereocenters. The van der Waals surface area contributed by atoms with Crippen molar-refractivity contribution < 1.29 is 4.39 Å². The lowest BCUT2D eigenvalue weighted by Crippen LogP contribution is -2.25. The molecule has 0 fully saturated rings. The number of aryl methyl sites for hydroxylation is 1. The van der Waals surface area contributed by atoms with E-state index in [0.29, 0.717) is 11.8 Å². The summed E-state index contributed by atoms with van der Waals surface area (Å²) in [5.41, 5.74) is 1.75. The zero-order valence-electron chi connectivity index (χ0n) is 11.5. The molecule has 96 valence electrons.